The number of nitrogens with zero attached hydrogens (tertiary/aromatic N) is 1. The van der Waals surface area contributed by atoms with E-state index in [1.54, 1.807) is 6.07 Å². The summed E-state index contributed by atoms with van der Waals surface area (Å²) in [6.07, 6.45) is 8.31. The summed E-state index contributed by atoms with van der Waals surface area (Å²) < 4.78 is 5.35. The standard InChI is InChI=1S/C26H33N3O3/c27-19-10-8-18(9-11-19)25(30)21-13-12-20(14-22(21)16-4-2-1-3-5-16)28-26(31)23-15-24(32-29-23)17-6-7-17/h1-5,15,17-22H,6-14,27H2,(H,28,31). The second-order valence-corrected chi connectivity index (χ2v) is 10.0. The highest BCUT2D eigenvalue weighted by atomic mass is 16.5. The Morgan fingerprint density at radius 3 is 2.44 bits per heavy atom. The first kappa shape index (κ1) is 21.4. The van der Waals surface area contributed by atoms with Crippen LogP contribution in [0.3, 0.4) is 0 Å². The second kappa shape index (κ2) is 9.18. The van der Waals surface area contributed by atoms with Crippen LogP contribution in [0.25, 0.3) is 0 Å². The van der Waals surface area contributed by atoms with Crippen LogP contribution in [0.4, 0.5) is 0 Å². The summed E-state index contributed by atoms with van der Waals surface area (Å²) in [5, 5.41) is 7.14. The molecule has 1 aromatic heterocycles. The highest BCUT2D eigenvalue weighted by molar-refractivity contribution is 5.92. The molecule has 3 aliphatic rings. The van der Waals surface area contributed by atoms with E-state index in [0.717, 1.165) is 63.5 Å². The number of nitrogens with two attached hydrogens (primary N) is 1. The van der Waals surface area contributed by atoms with Gasteiger partial charge in [-0.25, -0.2) is 0 Å². The molecule has 0 radical (unpaired) electrons. The zero-order chi connectivity index (χ0) is 22.1. The maximum atomic E-state index is 13.5. The lowest BCUT2D eigenvalue weighted by Gasteiger charge is -2.38. The fourth-order valence-corrected chi connectivity index (χ4v) is 5.63. The van der Waals surface area contributed by atoms with Crippen LogP contribution in [0.5, 0.6) is 0 Å². The minimum atomic E-state index is -0.177. The average Bonchev–Trinajstić information content (AvgIpc) is 3.56. The van der Waals surface area contributed by atoms with Gasteiger partial charge >= 0.3 is 0 Å². The molecule has 32 heavy (non-hydrogen) atoms. The van der Waals surface area contributed by atoms with Gasteiger partial charge in [0.1, 0.15) is 11.5 Å². The zero-order valence-electron chi connectivity index (χ0n) is 18.5. The molecule has 3 N–H and O–H groups in total. The third-order valence-corrected chi connectivity index (χ3v) is 7.69. The van der Waals surface area contributed by atoms with Gasteiger partial charge in [-0.05, 0) is 69.3 Å². The van der Waals surface area contributed by atoms with Crippen LogP contribution in [-0.2, 0) is 4.79 Å². The number of Topliss-reactive ketones (excluding diaryl/α,β-unsaturated/α-hetero) is 1. The summed E-state index contributed by atoms with van der Waals surface area (Å²) >= 11 is 0. The van der Waals surface area contributed by atoms with Crippen molar-refractivity contribution in [3.8, 4) is 0 Å². The molecule has 6 nitrogen and oxygen atoms in total. The van der Waals surface area contributed by atoms with Crippen molar-refractivity contribution in [1.29, 1.82) is 0 Å². The predicted octanol–water partition coefficient (Wildman–Crippen LogP) is 4.32. The maximum Gasteiger partial charge on any atom is 0.273 e. The molecule has 3 unspecified atom stereocenters. The van der Waals surface area contributed by atoms with Crippen LogP contribution < -0.4 is 11.1 Å². The quantitative estimate of drug-likeness (QED) is 0.704. The van der Waals surface area contributed by atoms with E-state index in [0.29, 0.717) is 17.4 Å². The summed E-state index contributed by atoms with van der Waals surface area (Å²) in [5.41, 5.74) is 7.62. The summed E-state index contributed by atoms with van der Waals surface area (Å²) in [6.45, 7) is 0. The van der Waals surface area contributed by atoms with Gasteiger partial charge in [0.25, 0.3) is 5.91 Å². The number of carbonyl (C=O) groups excluding carboxylic acids is 2. The van der Waals surface area contributed by atoms with E-state index in [-0.39, 0.29) is 35.7 Å². The van der Waals surface area contributed by atoms with Crippen molar-refractivity contribution in [3.05, 3.63) is 53.4 Å². The van der Waals surface area contributed by atoms with Crippen LogP contribution in [0.1, 0.15) is 91.4 Å². The summed E-state index contributed by atoms with van der Waals surface area (Å²) in [6, 6.07) is 12.4. The van der Waals surface area contributed by atoms with Gasteiger partial charge in [-0.2, -0.15) is 0 Å². The number of hydrogen-bond donors (Lipinski definition) is 2. The Kier molecular flexibility index (Phi) is 6.13. The predicted molar refractivity (Wildman–Crippen MR) is 121 cm³/mol. The van der Waals surface area contributed by atoms with Gasteiger partial charge in [0.15, 0.2) is 5.69 Å². The van der Waals surface area contributed by atoms with Gasteiger partial charge in [0, 0.05) is 35.9 Å². The lowest BCUT2D eigenvalue weighted by atomic mass is 9.67. The van der Waals surface area contributed by atoms with Crippen LogP contribution in [0.15, 0.2) is 40.9 Å². The topological polar surface area (TPSA) is 98.2 Å². The van der Waals surface area contributed by atoms with E-state index in [4.69, 9.17) is 10.3 Å². The van der Waals surface area contributed by atoms with Gasteiger partial charge in [-0.3, -0.25) is 9.59 Å². The first-order valence-electron chi connectivity index (χ1n) is 12.2. The molecule has 2 aromatic rings. The van der Waals surface area contributed by atoms with Crippen LogP contribution in [0.2, 0.25) is 0 Å². The molecule has 3 saturated carbocycles. The molecule has 3 fully saturated rings. The van der Waals surface area contributed by atoms with Gasteiger partial charge < -0.3 is 15.6 Å². The Bertz CT molecular complexity index is 944. The minimum absolute atomic E-state index is 0.0124. The number of aromatic nitrogens is 1. The molecule has 1 amide bonds. The fourth-order valence-electron chi connectivity index (χ4n) is 5.63. The lowest BCUT2D eigenvalue weighted by Crippen LogP contribution is -2.43. The number of hydrogen-bond acceptors (Lipinski definition) is 5. The fraction of sp³-hybridized carbons (Fsp3) is 0.577. The molecule has 5 rings (SSSR count). The van der Waals surface area contributed by atoms with Gasteiger partial charge in [-0.15, -0.1) is 0 Å². The number of rotatable bonds is 6. The van der Waals surface area contributed by atoms with E-state index in [1.165, 1.54) is 5.56 Å². The molecular formula is C26H33N3O3. The zero-order valence-corrected chi connectivity index (χ0v) is 18.5. The number of benzene rings is 1. The normalized spacial score (nSPS) is 30.6. The first-order valence-corrected chi connectivity index (χ1v) is 12.2. The minimum Gasteiger partial charge on any atom is -0.360 e. The number of carbonyl (C=O) groups is 2. The van der Waals surface area contributed by atoms with Crippen molar-refractivity contribution in [2.75, 3.05) is 0 Å². The molecule has 6 heteroatoms. The Morgan fingerprint density at radius 1 is 0.969 bits per heavy atom. The highest BCUT2D eigenvalue weighted by Gasteiger charge is 2.40. The summed E-state index contributed by atoms with van der Waals surface area (Å²) in [4.78, 5) is 26.3. The maximum absolute atomic E-state index is 13.5. The van der Waals surface area contributed by atoms with E-state index in [1.807, 2.05) is 18.2 Å². The van der Waals surface area contributed by atoms with E-state index in [2.05, 4.69) is 22.6 Å². The summed E-state index contributed by atoms with van der Waals surface area (Å²) in [7, 11) is 0. The largest absolute Gasteiger partial charge is 0.360 e. The van der Waals surface area contributed by atoms with Gasteiger partial charge in [0.2, 0.25) is 0 Å². The van der Waals surface area contributed by atoms with Crippen molar-refractivity contribution in [2.24, 2.45) is 17.6 Å². The summed E-state index contributed by atoms with van der Waals surface area (Å²) in [5.74, 6) is 1.75. The second-order valence-electron chi connectivity index (χ2n) is 10.0. The molecular weight excluding hydrogens is 402 g/mol. The molecule has 170 valence electrons. The van der Waals surface area contributed by atoms with E-state index < -0.39 is 0 Å². The number of nitrogens with one attached hydrogen (secondary N) is 1. The first-order chi connectivity index (χ1) is 15.6. The number of amides is 1. The van der Waals surface area contributed by atoms with E-state index >= 15 is 0 Å². The Hall–Kier alpha value is -2.47. The molecule has 0 saturated heterocycles. The van der Waals surface area contributed by atoms with Crippen molar-refractivity contribution in [1.82, 2.24) is 10.5 Å². The van der Waals surface area contributed by atoms with Crippen LogP contribution >= 0.6 is 0 Å². The highest BCUT2D eigenvalue weighted by Crippen LogP contribution is 2.42. The molecule has 0 spiro atoms. The Labute approximate surface area is 189 Å². The lowest BCUT2D eigenvalue weighted by molar-refractivity contribution is -0.129. The van der Waals surface area contributed by atoms with Crippen molar-refractivity contribution in [3.63, 3.8) is 0 Å². The smallest absolute Gasteiger partial charge is 0.273 e. The van der Waals surface area contributed by atoms with Crippen LogP contribution in [0, 0.1) is 11.8 Å². The third-order valence-electron chi connectivity index (χ3n) is 7.69. The molecule has 1 aromatic carbocycles. The monoisotopic (exact) mass is 435 g/mol. The Balaban J connectivity index is 1.28. The molecule has 0 bridgehead atoms. The molecule has 0 aliphatic heterocycles. The van der Waals surface area contributed by atoms with Gasteiger partial charge in [0.05, 0.1) is 0 Å². The Morgan fingerprint density at radius 2 is 1.72 bits per heavy atom. The van der Waals surface area contributed by atoms with Crippen molar-refractivity contribution >= 4 is 11.7 Å². The van der Waals surface area contributed by atoms with Crippen molar-refractivity contribution < 1.29 is 14.1 Å². The number of ketones is 1. The van der Waals surface area contributed by atoms with E-state index in [9.17, 15) is 9.59 Å². The molecule has 1 heterocycles. The third kappa shape index (κ3) is 4.65. The van der Waals surface area contributed by atoms with Crippen molar-refractivity contribution in [2.45, 2.75) is 81.7 Å². The average molecular weight is 436 g/mol. The molecule has 3 aliphatic carbocycles. The molecule has 3 atom stereocenters. The van der Waals surface area contributed by atoms with Crippen LogP contribution in [-0.4, -0.2) is 28.9 Å². The van der Waals surface area contributed by atoms with Gasteiger partial charge in [-0.1, -0.05) is 35.5 Å². The SMILES string of the molecule is NC1CCC(C(=O)C2CCC(NC(=O)c3cc(C4CC4)on3)CC2c2ccccc2)CC1.